The lowest BCUT2D eigenvalue weighted by molar-refractivity contribution is -0.150. The van der Waals surface area contributed by atoms with Crippen molar-refractivity contribution in [3.8, 4) is 0 Å². The number of carbonyl (C=O) groups is 2. The third-order valence-corrected chi connectivity index (χ3v) is 3.43. The van der Waals surface area contributed by atoms with Crippen molar-refractivity contribution in [1.82, 2.24) is 14.7 Å². The summed E-state index contributed by atoms with van der Waals surface area (Å²) in [6, 6.07) is 1.65. The van der Waals surface area contributed by atoms with Gasteiger partial charge in [-0.05, 0) is 25.8 Å². The number of carboxylic acids is 1. The Bertz CT molecular complexity index is 483. The molecule has 1 fully saturated rings. The van der Waals surface area contributed by atoms with E-state index in [2.05, 4.69) is 5.10 Å². The zero-order valence-electron chi connectivity index (χ0n) is 10.6. The van der Waals surface area contributed by atoms with Crippen LogP contribution in [0.15, 0.2) is 12.3 Å². The number of aliphatic carboxylic acids is 1. The van der Waals surface area contributed by atoms with Crippen LogP contribution in [0.1, 0.15) is 30.3 Å². The molecular formula is C12H17N3O3. The summed E-state index contributed by atoms with van der Waals surface area (Å²) in [6.07, 6.45) is 3.02. The van der Waals surface area contributed by atoms with Crippen molar-refractivity contribution in [2.75, 3.05) is 13.1 Å². The van der Waals surface area contributed by atoms with Crippen molar-refractivity contribution in [2.24, 2.45) is 12.5 Å². The second kappa shape index (κ2) is 4.44. The molecule has 0 spiro atoms. The van der Waals surface area contributed by atoms with E-state index in [1.54, 1.807) is 35.8 Å². The van der Waals surface area contributed by atoms with Gasteiger partial charge in [0.15, 0.2) is 0 Å². The van der Waals surface area contributed by atoms with E-state index < -0.39 is 11.4 Å². The molecule has 0 aliphatic carbocycles. The predicted molar refractivity (Wildman–Crippen MR) is 64.1 cm³/mol. The summed E-state index contributed by atoms with van der Waals surface area (Å²) >= 11 is 0. The second-order valence-electron chi connectivity index (χ2n) is 5.07. The number of hydrogen-bond acceptors (Lipinski definition) is 3. The average molecular weight is 251 g/mol. The van der Waals surface area contributed by atoms with Gasteiger partial charge in [0.1, 0.15) is 5.69 Å². The first kappa shape index (κ1) is 12.6. The normalized spacial score (nSPS) is 24.0. The first-order chi connectivity index (χ1) is 8.42. The Kier molecular flexibility index (Phi) is 3.11. The molecule has 0 aromatic carbocycles. The zero-order valence-corrected chi connectivity index (χ0v) is 10.6. The fourth-order valence-electron chi connectivity index (χ4n) is 2.28. The minimum atomic E-state index is -0.846. The van der Waals surface area contributed by atoms with Gasteiger partial charge in [-0.3, -0.25) is 14.3 Å². The van der Waals surface area contributed by atoms with Crippen LogP contribution in [0.25, 0.3) is 0 Å². The molecule has 1 saturated heterocycles. The Labute approximate surface area is 105 Å². The number of carboxylic acid groups (broad SMARTS) is 1. The first-order valence-electron chi connectivity index (χ1n) is 5.95. The fourth-order valence-corrected chi connectivity index (χ4v) is 2.28. The molecule has 2 rings (SSSR count). The van der Waals surface area contributed by atoms with E-state index in [1.807, 2.05) is 0 Å². The maximum atomic E-state index is 12.2. The number of nitrogens with zero attached hydrogens (tertiary/aromatic N) is 3. The van der Waals surface area contributed by atoms with Gasteiger partial charge in [-0.15, -0.1) is 0 Å². The molecule has 1 unspecified atom stereocenters. The van der Waals surface area contributed by atoms with Crippen LogP contribution >= 0.6 is 0 Å². The monoisotopic (exact) mass is 251 g/mol. The van der Waals surface area contributed by atoms with Crippen molar-refractivity contribution >= 4 is 11.9 Å². The molecule has 1 aromatic heterocycles. The molecule has 1 aliphatic rings. The molecule has 0 radical (unpaired) electrons. The molecular weight excluding hydrogens is 234 g/mol. The molecule has 6 nitrogen and oxygen atoms in total. The second-order valence-corrected chi connectivity index (χ2v) is 5.07. The van der Waals surface area contributed by atoms with Crippen LogP contribution < -0.4 is 0 Å². The van der Waals surface area contributed by atoms with E-state index in [0.29, 0.717) is 25.1 Å². The summed E-state index contributed by atoms with van der Waals surface area (Å²) < 4.78 is 1.56. The number of hydrogen-bond donors (Lipinski definition) is 1. The molecule has 1 aliphatic heterocycles. The van der Waals surface area contributed by atoms with Crippen LogP contribution in [0.3, 0.4) is 0 Å². The SMILES string of the molecule is Cn1ccc(C(=O)N2CCCC(C)(C(=O)O)C2)n1. The number of likely N-dealkylation sites (tertiary alicyclic amines) is 1. The topological polar surface area (TPSA) is 75.4 Å². The van der Waals surface area contributed by atoms with Gasteiger partial charge < -0.3 is 10.0 Å². The Hall–Kier alpha value is -1.85. The zero-order chi connectivity index (χ0) is 13.3. The highest BCUT2D eigenvalue weighted by atomic mass is 16.4. The van der Waals surface area contributed by atoms with Crippen LogP contribution in [-0.2, 0) is 11.8 Å². The molecule has 2 heterocycles. The molecule has 1 amide bonds. The average Bonchev–Trinajstić information content (AvgIpc) is 2.75. The highest BCUT2D eigenvalue weighted by Crippen LogP contribution is 2.30. The van der Waals surface area contributed by atoms with Crippen LogP contribution in [-0.4, -0.2) is 44.8 Å². The van der Waals surface area contributed by atoms with Crippen LogP contribution in [0.2, 0.25) is 0 Å². The number of rotatable bonds is 2. The molecule has 1 N–H and O–H groups in total. The summed E-state index contributed by atoms with van der Waals surface area (Å²) in [7, 11) is 1.74. The Morgan fingerprint density at radius 3 is 2.78 bits per heavy atom. The first-order valence-corrected chi connectivity index (χ1v) is 5.95. The molecule has 18 heavy (non-hydrogen) atoms. The summed E-state index contributed by atoms with van der Waals surface area (Å²) in [5.74, 6) is -1.04. The predicted octanol–water partition coefficient (Wildman–Crippen LogP) is 0.747. The smallest absolute Gasteiger partial charge is 0.311 e. The Morgan fingerprint density at radius 1 is 1.50 bits per heavy atom. The highest BCUT2D eigenvalue weighted by molar-refractivity contribution is 5.92. The lowest BCUT2D eigenvalue weighted by Gasteiger charge is -2.37. The van der Waals surface area contributed by atoms with Crippen LogP contribution in [0.4, 0.5) is 0 Å². The molecule has 1 atom stereocenters. The maximum Gasteiger partial charge on any atom is 0.311 e. The van der Waals surface area contributed by atoms with Crippen molar-refractivity contribution in [3.05, 3.63) is 18.0 Å². The third kappa shape index (κ3) is 2.23. The largest absolute Gasteiger partial charge is 0.481 e. The van der Waals surface area contributed by atoms with Crippen molar-refractivity contribution in [2.45, 2.75) is 19.8 Å². The minimum absolute atomic E-state index is 0.192. The van der Waals surface area contributed by atoms with Gasteiger partial charge in [0.05, 0.1) is 5.41 Å². The van der Waals surface area contributed by atoms with Gasteiger partial charge in [-0.1, -0.05) is 0 Å². The number of amides is 1. The van der Waals surface area contributed by atoms with Gasteiger partial charge >= 0.3 is 5.97 Å². The fraction of sp³-hybridized carbons (Fsp3) is 0.583. The number of carbonyl (C=O) groups excluding carboxylic acids is 1. The van der Waals surface area contributed by atoms with E-state index >= 15 is 0 Å². The van der Waals surface area contributed by atoms with Crippen molar-refractivity contribution in [1.29, 1.82) is 0 Å². The van der Waals surface area contributed by atoms with Gasteiger partial charge in [0.2, 0.25) is 0 Å². The maximum absolute atomic E-state index is 12.2. The van der Waals surface area contributed by atoms with Gasteiger partial charge in [0, 0.05) is 26.3 Å². The number of aryl methyl sites for hydroxylation is 1. The van der Waals surface area contributed by atoms with E-state index in [4.69, 9.17) is 0 Å². The Morgan fingerprint density at radius 2 is 2.22 bits per heavy atom. The summed E-state index contributed by atoms with van der Waals surface area (Å²) in [5.41, 5.74) is -0.477. The minimum Gasteiger partial charge on any atom is -0.481 e. The van der Waals surface area contributed by atoms with Crippen LogP contribution in [0.5, 0.6) is 0 Å². The van der Waals surface area contributed by atoms with Crippen LogP contribution in [0, 0.1) is 5.41 Å². The van der Waals surface area contributed by atoms with Crippen molar-refractivity contribution in [3.63, 3.8) is 0 Å². The quantitative estimate of drug-likeness (QED) is 0.841. The van der Waals surface area contributed by atoms with E-state index in [1.165, 1.54) is 0 Å². The van der Waals surface area contributed by atoms with E-state index in [9.17, 15) is 14.7 Å². The van der Waals surface area contributed by atoms with E-state index in [0.717, 1.165) is 0 Å². The Balaban J connectivity index is 2.14. The molecule has 0 bridgehead atoms. The van der Waals surface area contributed by atoms with E-state index in [-0.39, 0.29) is 12.5 Å². The summed E-state index contributed by atoms with van der Waals surface area (Å²) in [5, 5.41) is 13.3. The van der Waals surface area contributed by atoms with Crippen molar-refractivity contribution < 1.29 is 14.7 Å². The summed E-state index contributed by atoms with van der Waals surface area (Å²) in [4.78, 5) is 25.0. The summed E-state index contributed by atoms with van der Waals surface area (Å²) in [6.45, 7) is 2.53. The van der Waals surface area contributed by atoms with Gasteiger partial charge in [-0.2, -0.15) is 5.10 Å². The molecule has 1 aromatic rings. The molecule has 0 saturated carbocycles. The lowest BCUT2D eigenvalue weighted by atomic mass is 9.82. The lowest BCUT2D eigenvalue weighted by Crippen LogP contribution is -2.48. The molecule has 6 heteroatoms. The number of piperidine rings is 1. The van der Waals surface area contributed by atoms with Gasteiger partial charge in [0.25, 0.3) is 5.91 Å². The standard InChI is InChI=1S/C12H17N3O3/c1-12(11(17)18)5-3-6-15(8-12)10(16)9-4-7-14(2)13-9/h4,7H,3,5-6,8H2,1-2H3,(H,17,18). The molecule has 98 valence electrons. The number of aromatic nitrogens is 2. The third-order valence-electron chi connectivity index (χ3n) is 3.43. The van der Waals surface area contributed by atoms with Gasteiger partial charge in [-0.25, -0.2) is 0 Å². The highest BCUT2D eigenvalue weighted by Gasteiger charge is 2.39.